The fourth-order valence-electron chi connectivity index (χ4n) is 3.03. The van der Waals surface area contributed by atoms with Crippen molar-refractivity contribution >= 4 is 5.91 Å². The van der Waals surface area contributed by atoms with Crippen molar-refractivity contribution in [2.24, 2.45) is 17.3 Å². The second-order valence-corrected chi connectivity index (χ2v) is 7.39. The molecule has 0 aromatic carbocycles. The van der Waals surface area contributed by atoms with Crippen LogP contribution in [0, 0.1) is 17.3 Å². The Morgan fingerprint density at radius 3 is 2.63 bits per heavy atom. The smallest absolute Gasteiger partial charge is 0.221 e. The predicted molar refractivity (Wildman–Crippen MR) is 81.1 cm³/mol. The molecule has 0 radical (unpaired) electrons. The molecule has 0 spiro atoms. The van der Waals surface area contributed by atoms with Gasteiger partial charge in [0.1, 0.15) is 0 Å². The fraction of sp³-hybridized carbons (Fsp3) is 0.938. The SMILES string of the molecule is CC(C)CNC(=O)CCNC1CCC(C)(C)CC1C. The van der Waals surface area contributed by atoms with Crippen molar-refractivity contribution in [3.05, 3.63) is 0 Å². The van der Waals surface area contributed by atoms with Crippen LogP contribution in [0.5, 0.6) is 0 Å². The molecule has 0 aromatic rings. The van der Waals surface area contributed by atoms with E-state index in [2.05, 4.69) is 45.3 Å². The zero-order valence-electron chi connectivity index (χ0n) is 13.4. The Bertz CT molecular complexity index is 286. The van der Waals surface area contributed by atoms with Gasteiger partial charge in [0.15, 0.2) is 0 Å². The maximum Gasteiger partial charge on any atom is 0.221 e. The summed E-state index contributed by atoms with van der Waals surface area (Å²) in [6.45, 7) is 12.9. The molecule has 1 saturated carbocycles. The first kappa shape index (κ1) is 16.5. The molecule has 0 heterocycles. The quantitative estimate of drug-likeness (QED) is 0.777. The summed E-state index contributed by atoms with van der Waals surface area (Å²) in [7, 11) is 0. The Hall–Kier alpha value is -0.570. The standard InChI is InChI=1S/C16H32N2O/c1-12(2)11-18-15(19)7-9-17-14-6-8-16(4,5)10-13(14)3/h12-14,17H,6-11H2,1-5H3,(H,18,19). The van der Waals surface area contributed by atoms with Crippen molar-refractivity contribution in [2.45, 2.75) is 66.3 Å². The number of carbonyl (C=O) groups excluding carboxylic acids is 1. The molecule has 1 aliphatic rings. The van der Waals surface area contributed by atoms with Gasteiger partial charge in [0.05, 0.1) is 0 Å². The van der Waals surface area contributed by atoms with E-state index in [4.69, 9.17) is 0 Å². The Kier molecular flexibility index (Phi) is 6.31. The molecular formula is C16H32N2O. The molecule has 2 unspecified atom stereocenters. The molecule has 112 valence electrons. The zero-order valence-corrected chi connectivity index (χ0v) is 13.4. The van der Waals surface area contributed by atoms with Gasteiger partial charge in [0, 0.05) is 25.6 Å². The summed E-state index contributed by atoms with van der Waals surface area (Å²) < 4.78 is 0. The Balaban J connectivity index is 2.17. The minimum Gasteiger partial charge on any atom is -0.356 e. The Labute approximate surface area is 118 Å². The fourth-order valence-corrected chi connectivity index (χ4v) is 3.03. The van der Waals surface area contributed by atoms with E-state index in [0.29, 0.717) is 29.7 Å². The zero-order chi connectivity index (χ0) is 14.5. The number of hydrogen-bond donors (Lipinski definition) is 2. The Morgan fingerprint density at radius 2 is 2.05 bits per heavy atom. The van der Waals surface area contributed by atoms with Gasteiger partial charge in [-0.25, -0.2) is 0 Å². The molecule has 1 fully saturated rings. The largest absolute Gasteiger partial charge is 0.356 e. The van der Waals surface area contributed by atoms with E-state index in [-0.39, 0.29) is 5.91 Å². The van der Waals surface area contributed by atoms with Gasteiger partial charge < -0.3 is 10.6 Å². The second kappa shape index (κ2) is 7.28. The van der Waals surface area contributed by atoms with E-state index in [9.17, 15) is 4.79 Å². The van der Waals surface area contributed by atoms with Crippen molar-refractivity contribution in [3.63, 3.8) is 0 Å². The molecule has 0 bridgehead atoms. The van der Waals surface area contributed by atoms with Crippen LogP contribution in [0.1, 0.15) is 60.3 Å². The van der Waals surface area contributed by atoms with Crippen LogP contribution in [0.4, 0.5) is 0 Å². The highest BCUT2D eigenvalue weighted by Crippen LogP contribution is 2.38. The van der Waals surface area contributed by atoms with Crippen LogP contribution < -0.4 is 10.6 Å². The summed E-state index contributed by atoms with van der Waals surface area (Å²) in [5, 5.41) is 6.53. The topological polar surface area (TPSA) is 41.1 Å². The molecule has 0 aromatic heterocycles. The maximum absolute atomic E-state index is 11.6. The van der Waals surface area contributed by atoms with Gasteiger partial charge >= 0.3 is 0 Å². The molecule has 3 heteroatoms. The van der Waals surface area contributed by atoms with Gasteiger partial charge in [-0.1, -0.05) is 34.6 Å². The van der Waals surface area contributed by atoms with Gasteiger partial charge in [0.2, 0.25) is 5.91 Å². The lowest BCUT2D eigenvalue weighted by atomic mass is 9.70. The van der Waals surface area contributed by atoms with E-state index >= 15 is 0 Å². The molecule has 0 aliphatic heterocycles. The molecule has 3 nitrogen and oxygen atoms in total. The average molecular weight is 268 g/mol. The highest BCUT2D eigenvalue weighted by molar-refractivity contribution is 5.76. The van der Waals surface area contributed by atoms with Crippen LogP contribution in [-0.2, 0) is 4.79 Å². The van der Waals surface area contributed by atoms with E-state index in [0.717, 1.165) is 13.1 Å². The number of hydrogen-bond acceptors (Lipinski definition) is 2. The number of amides is 1. The summed E-state index contributed by atoms with van der Waals surface area (Å²) in [4.78, 5) is 11.6. The monoisotopic (exact) mass is 268 g/mol. The first-order valence-corrected chi connectivity index (χ1v) is 7.80. The Morgan fingerprint density at radius 1 is 1.37 bits per heavy atom. The van der Waals surface area contributed by atoms with Crippen LogP contribution in [0.25, 0.3) is 0 Å². The normalized spacial score (nSPS) is 26.4. The van der Waals surface area contributed by atoms with Crippen molar-refractivity contribution in [1.29, 1.82) is 0 Å². The van der Waals surface area contributed by atoms with E-state index in [1.807, 2.05) is 0 Å². The van der Waals surface area contributed by atoms with Gasteiger partial charge in [-0.15, -0.1) is 0 Å². The van der Waals surface area contributed by atoms with Crippen LogP contribution in [0.3, 0.4) is 0 Å². The van der Waals surface area contributed by atoms with Gasteiger partial charge in [0.25, 0.3) is 0 Å². The number of carbonyl (C=O) groups is 1. The molecule has 1 rings (SSSR count). The van der Waals surface area contributed by atoms with Crippen LogP contribution in [0.15, 0.2) is 0 Å². The molecule has 1 amide bonds. The van der Waals surface area contributed by atoms with Crippen molar-refractivity contribution in [3.8, 4) is 0 Å². The average Bonchev–Trinajstić information content (AvgIpc) is 2.28. The number of nitrogens with one attached hydrogen (secondary N) is 2. The molecule has 2 N–H and O–H groups in total. The molecular weight excluding hydrogens is 236 g/mol. The second-order valence-electron chi connectivity index (χ2n) is 7.39. The molecule has 19 heavy (non-hydrogen) atoms. The summed E-state index contributed by atoms with van der Waals surface area (Å²) in [5.74, 6) is 1.41. The van der Waals surface area contributed by atoms with E-state index < -0.39 is 0 Å². The summed E-state index contributed by atoms with van der Waals surface area (Å²) in [6, 6.07) is 0.589. The van der Waals surface area contributed by atoms with Crippen LogP contribution in [0.2, 0.25) is 0 Å². The summed E-state index contributed by atoms with van der Waals surface area (Å²) >= 11 is 0. The lowest BCUT2D eigenvalue weighted by molar-refractivity contribution is -0.121. The molecule has 1 aliphatic carbocycles. The molecule has 2 atom stereocenters. The van der Waals surface area contributed by atoms with Crippen molar-refractivity contribution in [1.82, 2.24) is 10.6 Å². The van der Waals surface area contributed by atoms with Gasteiger partial charge in [-0.05, 0) is 36.5 Å². The van der Waals surface area contributed by atoms with E-state index in [1.54, 1.807) is 0 Å². The first-order chi connectivity index (χ1) is 8.80. The first-order valence-electron chi connectivity index (χ1n) is 7.80. The minimum absolute atomic E-state index is 0.171. The summed E-state index contributed by atoms with van der Waals surface area (Å²) in [6.07, 6.45) is 4.40. The third-order valence-corrected chi connectivity index (χ3v) is 4.16. The predicted octanol–water partition coefficient (Wildman–Crippen LogP) is 2.95. The van der Waals surface area contributed by atoms with Crippen molar-refractivity contribution in [2.75, 3.05) is 13.1 Å². The van der Waals surface area contributed by atoms with Gasteiger partial charge in [-0.3, -0.25) is 4.79 Å². The minimum atomic E-state index is 0.171. The highest BCUT2D eigenvalue weighted by Gasteiger charge is 2.31. The number of rotatable bonds is 6. The third kappa shape index (κ3) is 6.42. The third-order valence-electron chi connectivity index (χ3n) is 4.16. The van der Waals surface area contributed by atoms with Crippen LogP contribution >= 0.6 is 0 Å². The van der Waals surface area contributed by atoms with Gasteiger partial charge in [-0.2, -0.15) is 0 Å². The van der Waals surface area contributed by atoms with Crippen LogP contribution in [-0.4, -0.2) is 25.0 Å². The highest BCUT2D eigenvalue weighted by atomic mass is 16.1. The lowest BCUT2D eigenvalue weighted by Crippen LogP contribution is -2.43. The summed E-state index contributed by atoms with van der Waals surface area (Å²) in [5.41, 5.74) is 0.492. The maximum atomic E-state index is 11.6. The lowest BCUT2D eigenvalue weighted by Gasteiger charge is -2.39. The molecule has 0 saturated heterocycles. The van der Waals surface area contributed by atoms with E-state index in [1.165, 1.54) is 19.3 Å². The van der Waals surface area contributed by atoms with Crippen molar-refractivity contribution < 1.29 is 4.79 Å².